The SMILES string of the molecule is Cc1nc2c(s1)CN(C(=O)Cn1nc(-c3ccc(F)cn3)cc1-c1ccccc1)C2. The highest BCUT2D eigenvalue weighted by molar-refractivity contribution is 7.11. The molecule has 1 aliphatic rings. The molecule has 0 spiro atoms. The van der Waals surface area contributed by atoms with Crippen LogP contribution in [0, 0.1) is 12.7 Å². The fraction of sp³-hybridized carbons (Fsp3) is 0.182. The molecular formula is C22H18FN5OS. The minimum absolute atomic E-state index is 0.0169. The topological polar surface area (TPSA) is 63.9 Å². The molecule has 0 N–H and O–H groups in total. The number of aryl methyl sites for hydroxylation is 1. The van der Waals surface area contributed by atoms with Crippen LogP contribution in [0.4, 0.5) is 4.39 Å². The number of carbonyl (C=O) groups excluding carboxylic acids is 1. The smallest absolute Gasteiger partial charge is 0.245 e. The molecule has 0 fully saturated rings. The van der Waals surface area contributed by atoms with Crippen molar-refractivity contribution in [3.05, 3.63) is 76.1 Å². The molecule has 0 unspecified atom stereocenters. The van der Waals surface area contributed by atoms with Crippen molar-refractivity contribution < 1.29 is 9.18 Å². The number of fused-ring (bicyclic) bond motifs is 1. The molecular weight excluding hydrogens is 401 g/mol. The Morgan fingerprint density at radius 2 is 1.97 bits per heavy atom. The van der Waals surface area contributed by atoms with E-state index in [1.165, 1.54) is 12.3 Å². The zero-order chi connectivity index (χ0) is 20.7. The van der Waals surface area contributed by atoms with Crippen LogP contribution >= 0.6 is 11.3 Å². The highest BCUT2D eigenvalue weighted by Crippen LogP contribution is 2.29. The van der Waals surface area contributed by atoms with Gasteiger partial charge >= 0.3 is 0 Å². The third-order valence-electron chi connectivity index (χ3n) is 5.04. The number of amides is 1. The maximum atomic E-state index is 13.3. The van der Waals surface area contributed by atoms with Crippen molar-refractivity contribution in [3.63, 3.8) is 0 Å². The fourth-order valence-electron chi connectivity index (χ4n) is 3.61. The van der Waals surface area contributed by atoms with Crippen LogP contribution in [-0.2, 0) is 24.4 Å². The predicted molar refractivity (Wildman–Crippen MR) is 112 cm³/mol. The second kappa shape index (κ2) is 7.46. The molecule has 0 atom stereocenters. The van der Waals surface area contributed by atoms with Crippen molar-refractivity contribution >= 4 is 17.2 Å². The summed E-state index contributed by atoms with van der Waals surface area (Å²) in [5, 5.41) is 5.65. The van der Waals surface area contributed by atoms with Crippen LogP contribution in [0.3, 0.4) is 0 Å². The Bertz CT molecular complexity index is 1190. The average molecular weight is 419 g/mol. The van der Waals surface area contributed by atoms with Crippen LogP contribution in [0.25, 0.3) is 22.6 Å². The first-order valence-electron chi connectivity index (χ1n) is 9.55. The van der Waals surface area contributed by atoms with Crippen molar-refractivity contribution in [1.29, 1.82) is 0 Å². The third kappa shape index (κ3) is 3.50. The second-order valence-corrected chi connectivity index (χ2v) is 8.44. The van der Waals surface area contributed by atoms with Crippen LogP contribution in [0.2, 0.25) is 0 Å². The van der Waals surface area contributed by atoms with E-state index in [2.05, 4.69) is 15.1 Å². The number of halogens is 1. The molecule has 3 aromatic heterocycles. The standard InChI is InChI=1S/C22H18FN5OS/c1-14-25-19-11-27(12-21(19)30-14)22(29)13-28-20(15-5-3-2-4-6-15)9-18(26-28)17-8-7-16(23)10-24-17/h2-10H,11-13H2,1H3. The van der Waals surface area contributed by atoms with Crippen molar-refractivity contribution in [2.24, 2.45) is 0 Å². The van der Waals surface area contributed by atoms with E-state index < -0.39 is 5.82 Å². The van der Waals surface area contributed by atoms with Gasteiger partial charge in [0.05, 0.1) is 41.4 Å². The quantitative estimate of drug-likeness (QED) is 0.500. The largest absolute Gasteiger partial charge is 0.330 e. The Hall–Kier alpha value is -3.39. The summed E-state index contributed by atoms with van der Waals surface area (Å²) in [5.41, 5.74) is 3.91. The first-order chi connectivity index (χ1) is 14.6. The lowest BCUT2D eigenvalue weighted by molar-refractivity contribution is -0.132. The van der Waals surface area contributed by atoms with Crippen molar-refractivity contribution in [2.45, 2.75) is 26.6 Å². The van der Waals surface area contributed by atoms with Gasteiger partial charge in [-0.3, -0.25) is 14.5 Å². The van der Waals surface area contributed by atoms with Crippen LogP contribution in [0.5, 0.6) is 0 Å². The summed E-state index contributed by atoms with van der Waals surface area (Å²) in [6, 6.07) is 14.6. The van der Waals surface area contributed by atoms with Gasteiger partial charge in [0, 0.05) is 4.88 Å². The first-order valence-corrected chi connectivity index (χ1v) is 10.4. The van der Waals surface area contributed by atoms with E-state index in [0.29, 0.717) is 24.5 Å². The van der Waals surface area contributed by atoms with Gasteiger partial charge in [0.2, 0.25) is 5.91 Å². The summed E-state index contributed by atoms with van der Waals surface area (Å²) < 4.78 is 15.0. The second-order valence-electron chi connectivity index (χ2n) is 7.15. The van der Waals surface area contributed by atoms with Gasteiger partial charge < -0.3 is 4.90 Å². The Morgan fingerprint density at radius 1 is 1.13 bits per heavy atom. The van der Waals surface area contributed by atoms with Gasteiger partial charge in [0.15, 0.2) is 0 Å². The van der Waals surface area contributed by atoms with Crippen molar-refractivity contribution in [3.8, 4) is 22.6 Å². The Morgan fingerprint density at radius 3 is 2.70 bits per heavy atom. The molecule has 0 saturated heterocycles. The molecule has 4 aromatic rings. The zero-order valence-electron chi connectivity index (χ0n) is 16.2. The summed E-state index contributed by atoms with van der Waals surface area (Å²) in [5.74, 6) is -0.418. The number of nitrogens with zero attached hydrogens (tertiary/aromatic N) is 5. The van der Waals surface area contributed by atoms with E-state index in [0.717, 1.165) is 26.8 Å². The lowest BCUT2D eigenvalue weighted by atomic mass is 10.1. The highest BCUT2D eigenvalue weighted by atomic mass is 32.1. The predicted octanol–water partition coefficient (Wildman–Crippen LogP) is 4.06. The van der Waals surface area contributed by atoms with E-state index in [1.807, 2.05) is 43.3 Å². The maximum Gasteiger partial charge on any atom is 0.245 e. The molecule has 6 nitrogen and oxygen atoms in total. The number of pyridine rings is 1. The summed E-state index contributed by atoms with van der Waals surface area (Å²) in [4.78, 5) is 24.6. The molecule has 4 heterocycles. The van der Waals surface area contributed by atoms with Gasteiger partial charge in [0.25, 0.3) is 0 Å². The van der Waals surface area contributed by atoms with E-state index >= 15 is 0 Å². The lowest BCUT2D eigenvalue weighted by Gasteiger charge is -2.16. The number of rotatable bonds is 4. The molecule has 8 heteroatoms. The van der Waals surface area contributed by atoms with Crippen LogP contribution in [0.1, 0.15) is 15.6 Å². The number of aromatic nitrogens is 4. The monoisotopic (exact) mass is 419 g/mol. The maximum absolute atomic E-state index is 13.3. The zero-order valence-corrected chi connectivity index (χ0v) is 17.1. The van der Waals surface area contributed by atoms with Gasteiger partial charge in [-0.1, -0.05) is 30.3 Å². The van der Waals surface area contributed by atoms with E-state index in [-0.39, 0.29) is 12.5 Å². The summed E-state index contributed by atoms with van der Waals surface area (Å²) in [6.07, 6.45) is 1.17. The normalized spacial score (nSPS) is 12.9. The molecule has 1 aliphatic heterocycles. The average Bonchev–Trinajstić information content (AvgIpc) is 3.42. The number of thiazole rings is 1. The molecule has 30 heavy (non-hydrogen) atoms. The minimum Gasteiger partial charge on any atom is -0.330 e. The van der Waals surface area contributed by atoms with Gasteiger partial charge in [-0.15, -0.1) is 11.3 Å². The highest BCUT2D eigenvalue weighted by Gasteiger charge is 2.27. The van der Waals surface area contributed by atoms with Crippen molar-refractivity contribution in [1.82, 2.24) is 24.6 Å². The van der Waals surface area contributed by atoms with Crippen molar-refractivity contribution in [2.75, 3.05) is 0 Å². The Kier molecular flexibility index (Phi) is 4.63. The lowest BCUT2D eigenvalue weighted by Crippen LogP contribution is -2.30. The Labute approximate surface area is 176 Å². The van der Waals surface area contributed by atoms with Gasteiger partial charge in [-0.2, -0.15) is 5.10 Å². The van der Waals surface area contributed by atoms with Crippen LogP contribution < -0.4 is 0 Å². The Balaban J connectivity index is 1.45. The molecule has 0 saturated carbocycles. The molecule has 0 bridgehead atoms. The molecule has 0 radical (unpaired) electrons. The third-order valence-corrected chi connectivity index (χ3v) is 6.04. The van der Waals surface area contributed by atoms with Crippen LogP contribution in [0.15, 0.2) is 54.7 Å². The molecule has 150 valence electrons. The minimum atomic E-state index is -0.401. The molecule has 0 aliphatic carbocycles. The number of carbonyl (C=O) groups is 1. The molecule has 1 amide bonds. The molecule has 5 rings (SSSR count). The van der Waals surface area contributed by atoms with Gasteiger partial charge in [-0.25, -0.2) is 9.37 Å². The number of hydrogen-bond donors (Lipinski definition) is 0. The molecule has 1 aromatic carbocycles. The summed E-state index contributed by atoms with van der Waals surface area (Å²) >= 11 is 1.64. The van der Waals surface area contributed by atoms with E-state index in [9.17, 15) is 9.18 Å². The van der Waals surface area contributed by atoms with E-state index in [4.69, 9.17) is 0 Å². The summed E-state index contributed by atoms with van der Waals surface area (Å²) in [6.45, 7) is 3.22. The first kappa shape index (κ1) is 18.6. The van der Waals surface area contributed by atoms with Gasteiger partial charge in [0.1, 0.15) is 18.1 Å². The number of benzene rings is 1. The van der Waals surface area contributed by atoms with Gasteiger partial charge in [-0.05, 0) is 30.7 Å². The van der Waals surface area contributed by atoms with Crippen LogP contribution in [-0.4, -0.2) is 30.6 Å². The summed E-state index contributed by atoms with van der Waals surface area (Å²) in [7, 11) is 0. The fourth-order valence-corrected chi connectivity index (χ4v) is 4.57. The van der Waals surface area contributed by atoms with E-state index in [1.54, 1.807) is 27.0 Å². The number of hydrogen-bond acceptors (Lipinski definition) is 5.